The number of hydrogen-bond donors (Lipinski definition) is 1. The van der Waals surface area contributed by atoms with Gasteiger partial charge in [0.1, 0.15) is 5.75 Å². The molecule has 2 aromatic rings. The molecule has 31 heavy (non-hydrogen) atoms. The van der Waals surface area contributed by atoms with E-state index in [0.29, 0.717) is 33.7 Å². The number of amides is 1. The van der Waals surface area contributed by atoms with Gasteiger partial charge in [0.2, 0.25) is 11.1 Å². The van der Waals surface area contributed by atoms with Crippen molar-refractivity contribution in [2.75, 3.05) is 24.4 Å². The Balaban J connectivity index is 1.46. The molecule has 1 saturated heterocycles. The molecule has 1 aromatic carbocycles. The maximum Gasteiger partial charge on any atom is 0.233 e. The number of H-pyrrole nitrogens is 1. The van der Waals surface area contributed by atoms with Gasteiger partial charge in [0.15, 0.2) is 15.7 Å². The third kappa shape index (κ3) is 5.18. The summed E-state index contributed by atoms with van der Waals surface area (Å²) in [4.78, 5) is 19.4. The van der Waals surface area contributed by atoms with E-state index in [2.05, 4.69) is 15.2 Å². The highest BCUT2D eigenvalue weighted by molar-refractivity contribution is 7.99. The fourth-order valence-corrected chi connectivity index (χ4v) is 6.93. The van der Waals surface area contributed by atoms with Crippen LogP contribution in [0.25, 0.3) is 11.4 Å². The van der Waals surface area contributed by atoms with Gasteiger partial charge in [0, 0.05) is 17.1 Å². The summed E-state index contributed by atoms with van der Waals surface area (Å²) in [5.41, 5.74) is 0.685. The van der Waals surface area contributed by atoms with E-state index in [1.54, 1.807) is 25.3 Å². The van der Waals surface area contributed by atoms with Crippen LogP contribution < -0.4 is 4.74 Å². The third-order valence-corrected chi connectivity index (χ3v) is 8.63. The lowest BCUT2D eigenvalue weighted by molar-refractivity contribution is -0.132. The van der Waals surface area contributed by atoms with Crippen molar-refractivity contribution in [3.63, 3.8) is 0 Å². The minimum atomic E-state index is -3.06. The van der Waals surface area contributed by atoms with Crippen molar-refractivity contribution in [1.82, 2.24) is 20.1 Å². The summed E-state index contributed by atoms with van der Waals surface area (Å²) < 4.78 is 29.3. The second-order valence-electron chi connectivity index (χ2n) is 7.90. The first-order valence-electron chi connectivity index (χ1n) is 10.3. The molecular formula is C20H25ClN4O4S2. The molecule has 1 atom stereocenters. The molecule has 4 rings (SSSR count). The molecular weight excluding hydrogens is 460 g/mol. The number of nitrogens with one attached hydrogen (secondary N) is 1. The summed E-state index contributed by atoms with van der Waals surface area (Å²) in [6.45, 7) is 0. The van der Waals surface area contributed by atoms with Crippen LogP contribution in [0.2, 0.25) is 5.02 Å². The number of halogens is 1. The highest BCUT2D eigenvalue weighted by Gasteiger charge is 2.38. The molecule has 1 aromatic heterocycles. The number of hydrogen-bond acceptors (Lipinski definition) is 7. The molecule has 168 valence electrons. The number of benzene rings is 1. The summed E-state index contributed by atoms with van der Waals surface area (Å²) in [5, 5.41) is 8.07. The van der Waals surface area contributed by atoms with Gasteiger partial charge in [-0.15, -0.1) is 5.10 Å². The average molecular weight is 485 g/mol. The van der Waals surface area contributed by atoms with Crippen molar-refractivity contribution in [3.05, 3.63) is 23.2 Å². The Bertz CT molecular complexity index is 1050. The molecule has 2 fully saturated rings. The van der Waals surface area contributed by atoms with E-state index < -0.39 is 9.84 Å². The molecule has 1 aliphatic carbocycles. The van der Waals surface area contributed by atoms with E-state index in [0.717, 1.165) is 25.7 Å². The maximum absolute atomic E-state index is 13.1. The zero-order chi connectivity index (χ0) is 22.0. The van der Waals surface area contributed by atoms with E-state index in [1.807, 2.05) is 4.90 Å². The molecule has 1 aliphatic heterocycles. The van der Waals surface area contributed by atoms with Crippen LogP contribution in [0.1, 0.15) is 32.1 Å². The number of rotatable bonds is 7. The SMILES string of the molecule is COc1ccc(Cl)cc1-c1nc(SCC(=O)N(C2CCCC2)C2CCS(=O)(=O)C2)n[nH]1. The van der Waals surface area contributed by atoms with Gasteiger partial charge in [0.05, 0.1) is 29.9 Å². The van der Waals surface area contributed by atoms with E-state index in [1.165, 1.54) is 11.8 Å². The lowest BCUT2D eigenvalue weighted by Gasteiger charge is -2.34. The average Bonchev–Trinajstić information content (AvgIpc) is 3.48. The molecule has 8 nitrogen and oxygen atoms in total. The molecule has 1 amide bonds. The molecule has 1 unspecified atom stereocenters. The normalized spacial score (nSPS) is 20.8. The third-order valence-electron chi connectivity index (χ3n) is 5.81. The first-order chi connectivity index (χ1) is 14.9. The van der Waals surface area contributed by atoms with Crippen LogP contribution in [-0.4, -0.2) is 70.9 Å². The monoisotopic (exact) mass is 484 g/mol. The smallest absolute Gasteiger partial charge is 0.233 e. The molecule has 11 heteroatoms. The molecule has 1 saturated carbocycles. The topological polar surface area (TPSA) is 105 Å². The van der Waals surface area contributed by atoms with Gasteiger partial charge in [-0.05, 0) is 37.5 Å². The summed E-state index contributed by atoms with van der Waals surface area (Å²) in [7, 11) is -1.49. The summed E-state index contributed by atoms with van der Waals surface area (Å²) in [6.07, 6.45) is 4.55. The minimum Gasteiger partial charge on any atom is -0.496 e. The van der Waals surface area contributed by atoms with Gasteiger partial charge in [-0.3, -0.25) is 9.89 Å². The molecule has 2 heterocycles. The van der Waals surface area contributed by atoms with E-state index >= 15 is 0 Å². The first kappa shape index (κ1) is 22.4. The summed E-state index contributed by atoms with van der Waals surface area (Å²) >= 11 is 7.34. The quantitative estimate of drug-likeness (QED) is 0.601. The van der Waals surface area contributed by atoms with Crippen LogP contribution >= 0.6 is 23.4 Å². The van der Waals surface area contributed by atoms with Crippen LogP contribution in [0.5, 0.6) is 5.75 Å². The van der Waals surface area contributed by atoms with Gasteiger partial charge < -0.3 is 9.64 Å². The van der Waals surface area contributed by atoms with Crippen LogP contribution in [0.3, 0.4) is 0 Å². The van der Waals surface area contributed by atoms with E-state index in [9.17, 15) is 13.2 Å². The van der Waals surface area contributed by atoms with Crippen LogP contribution in [0, 0.1) is 0 Å². The second-order valence-corrected chi connectivity index (χ2v) is 11.5. The van der Waals surface area contributed by atoms with Gasteiger partial charge in [-0.1, -0.05) is 36.2 Å². The Morgan fingerprint density at radius 2 is 2.06 bits per heavy atom. The van der Waals surface area contributed by atoms with Gasteiger partial charge in [-0.2, -0.15) is 0 Å². The lowest BCUT2D eigenvalue weighted by atomic mass is 10.1. The Hall–Kier alpha value is -1.78. The Labute approximate surface area is 191 Å². The number of carbonyl (C=O) groups is 1. The van der Waals surface area contributed by atoms with Gasteiger partial charge >= 0.3 is 0 Å². The molecule has 0 spiro atoms. The van der Waals surface area contributed by atoms with Gasteiger partial charge in [0.25, 0.3) is 0 Å². The van der Waals surface area contributed by atoms with E-state index in [-0.39, 0.29) is 35.2 Å². The fraction of sp³-hybridized carbons (Fsp3) is 0.550. The largest absolute Gasteiger partial charge is 0.496 e. The number of nitrogens with zero attached hydrogens (tertiary/aromatic N) is 3. The molecule has 0 radical (unpaired) electrons. The number of ether oxygens (including phenoxy) is 1. The number of carbonyl (C=O) groups excluding carboxylic acids is 1. The van der Waals surface area contributed by atoms with Crippen LogP contribution in [-0.2, 0) is 14.6 Å². The highest BCUT2D eigenvalue weighted by Crippen LogP contribution is 2.32. The standard InChI is InChI=1S/C20H25ClN4O4S2/c1-29-17-7-6-13(21)10-16(17)19-22-20(24-23-19)30-11-18(26)25(14-4-2-3-5-14)15-8-9-31(27,28)12-15/h6-7,10,14-15H,2-5,8-9,11-12H2,1H3,(H,22,23,24). The van der Waals surface area contributed by atoms with Crippen molar-refractivity contribution in [2.45, 2.75) is 49.3 Å². The fourth-order valence-electron chi connectivity index (χ4n) is 4.38. The predicted octanol–water partition coefficient (Wildman–Crippen LogP) is 3.18. The zero-order valence-electron chi connectivity index (χ0n) is 17.2. The number of aromatic nitrogens is 3. The number of aromatic amines is 1. The number of sulfone groups is 1. The Morgan fingerprint density at radius 1 is 1.29 bits per heavy atom. The maximum atomic E-state index is 13.1. The minimum absolute atomic E-state index is 0.0503. The zero-order valence-corrected chi connectivity index (χ0v) is 19.6. The predicted molar refractivity (Wildman–Crippen MR) is 120 cm³/mol. The van der Waals surface area contributed by atoms with Crippen molar-refractivity contribution in [3.8, 4) is 17.1 Å². The second kappa shape index (κ2) is 9.38. The summed E-state index contributed by atoms with van der Waals surface area (Å²) in [6, 6.07) is 5.13. The van der Waals surface area contributed by atoms with Crippen LogP contribution in [0.15, 0.2) is 23.4 Å². The number of thioether (sulfide) groups is 1. The highest BCUT2D eigenvalue weighted by atomic mass is 35.5. The summed E-state index contributed by atoms with van der Waals surface area (Å²) in [5.74, 6) is 1.46. The van der Waals surface area contributed by atoms with Crippen molar-refractivity contribution >= 4 is 39.1 Å². The van der Waals surface area contributed by atoms with E-state index in [4.69, 9.17) is 16.3 Å². The van der Waals surface area contributed by atoms with Crippen molar-refractivity contribution in [2.24, 2.45) is 0 Å². The molecule has 2 aliphatic rings. The number of methoxy groups -OCH3 is 1. The molecule has 1 N–H and O–H groups in total. The van der Waals surface area contributed by atoms with Crippen molar-refractivity contribution < 1.29 is 17.9 Å². The molecule has 0 bridgehead atoms. The van der Waals surface area contributed by atoms with Crippen LogP contribution in [0.4, 0.5) is 0 Å². The Kier molecular flexibility index (Phi) is 6.78. The van der Waals surface area contributed by atoms with Crippen molar-refractivity contribution in [1.29, 1.82) is 0 Å². The Morgan fingerprint density at radius 3 is 2.74 bits per heavy atom. The lowest BCUT2D eigenvalue weighted by Crippen LogP contribution is -2.47. The van der Waals surface area contributed by atoms with Gasteiger partial charge in [-0.25, -0.2) is 13.4 Å². The first-order valence-corrected chi connectivity index (χ1v) is 13.5.